The van der Waals surface area contributed by atoms with Gasteiger partial charge in [0.2, 0.25) is 0 Å². The van der Waals surface area contributed by atoms with Crippen molar-refractivity contribution < 1.29 is 5.11 Å². The van der Waals surface area contributed by atoms with Crippen molar-refractivity contribution in [1.29, 1.82) is 0 Å². The first-order valence-electron chi connectivity index (χ1n) is 4.69. The summed E-state index contributed by atoms with van der Waals surface area (Å²) < 4.78 is 0. The molecule has 0 radical (unpaired) electrons. The molecule has 1 saturated carbocycles. The molecule has 2 nitrogen and oxygen atoms in total. The normalized spacial score (nSPS) is 34.1. The molecule has 1 aliphatic carbocycles. The van der Waals surface area contributed by atoms with Gasteiger partial charge in [0, 0.05) is 6.61 Å². The van der Waals surface area contributed by atoms with Gasteiger partial charge in [-0.15, -0.1) is 0 Å². The Labute approximate surface area is 68.0 Å². The third kappa shape index (κ3) is 1.30. The highest BCUT2D eigenvalue weighted by Gasteiger charge is 2.52. The van der Waals surface area contributed by atoms with Crippen LogP contribution in [0.5, 0.6) is 0 Å². The average molecular weight is 155 g/mol. The topological polar surface area (TPSA) is 32.3 Å². The van der Waals surface area contributed by atoms with E-state index in [2.05, 4.69) is 5.32 Å². The van der Waals surface area contributed by atoms with Crippen LogP contribution in [0.4, 0.5) is 0 Å². The van der Waals surface area contributed by atoms with E-state index in [9.17, 15) is 0 Å². The van der Waals surface area contributed by atoms with E-state index in [1.54, 1.807) is 0 Å². The van der Waals surface area contributed by atoms with Crippen molar-refractivity contribution in [3.05, 3.63) is 0 Å². The van der Waals surface area contributed by atoms with Gasteiger partial charge < -0.3 is 10.4 Å². The van der Waals surface area contributed by atoms with Gasteiger partial charge >= 0.3 is 0 Å². The molecular formula is C9H17NO. The van der Waals surface area contributed by atoms with Crippen molar-refractivity contribution in [1.82, 2.24) is 5.32 Å². The summed E-state index contributed by atoms with van der Waals surface area (Å²) in [5, 5.41) is 12.2. The van der Waals surface area contributed by atoms with Crippen LogP contribution in [0, 0.1) is 11.3 Å². The van der Waals surface area contributed by atoms with Crippen molar-refractivity contribution in [3.8, 4) is 0 Å². The first kappa shape index (κ1) is 7.56. The van der Waals surface area contributed by atoms with E-state index in [0.29, 0.717) is 12.0 Å². The fraction of sp³-hybridized carbons (Fsp3) is 1.00. The fourth-order valence-electron chi connectivity index (χ4n) is 2.53. The highest BCUT2D eigenvalue weighted by atomic mass is 16.3. The minimum Gasteiger partial charge on any atom is -0.396 e. The Morgan fingerprint density at radius 3 is 2.73 bits per heavy atom. The minimum absolute atomic E-state index is 0.389. The zero-order valence-electron chi connectivity index (χ0n) is 6.97. The lowest BCUT2D eigenvalue weighted by Gasteiger charge is -2.23. The minimum atomic E-state index is 0.389. The molecular weight excluding hydrogens is 138 g/mol. The highest BCUT2D eigenvalue weighted by Crippen LogP contribution is 2.59. The Balaban J connectivity index is 1.84. The quantitative estimate of drug-likeness (QED) is 0.617. The van der Waals surface area contributed by atoms with Gasteiger partial charge in [-0.2, -0.15) is 0 Å². The van der Waals surface area contributed by atoms with Crippen LogP contribution in [0.15, 0.2) is 0 Å². The summed E-state index contributed by atoms with van der Waals surface area (Å²) in [5.41, 5.74) is 0.675. The molecule has 11 heavy (non-hydrogen) atoms. The molecule has 1 saturated heterocycles. The summed E-state index contributed by atoms with van der Waals surface area (Å²) in [4.78, 5) is 0. The van der Waals surface area contributed by atoms with Gasteiger partial charge in [0.05, 0.1) is 0 Å². The molecule has 1 atom stereocenters. The maximum Gasteiger partial charge on any atom is 0.0433 e. The van der Waals surface area contributed by atoms with Crippen LogP contribution in [0.2, 0.25) is 0 Å². The summed E-state index contributed by atoms with van der Waals surface area (Å²) in [6.45, 7) is 2.78. The Kier molecular flexibility index (Phi) is 1.90. The second-order valence-corrected chi connectivity index (χ2v) is 4.03. The summed E-state index contributed by atoms with van der Waals surface area (Å²) in [6, 6.07) is 0. The van der Waals surface area contributed by atoms with Crippen LogP contribution in [0.1, 0.15) is 25.7 Å². The van der Waals surface area contributed by atoms with Crippen LogP contribution in [-0.4, -0.2) is 24.8 Å². The predicted molar refractivity (Wildman–Crippen MR) is 44.3 cm³/mol. The van der Waals surface area contributed by atoms with Gasteiger partial charge in [0.25, 0.3) is 0 Å². The molecule has 0 bridgehead atoms. The molecule has 2 heteroatoms. The molecule has 2 rings (SSSR count). The predicted octanol–water partition coefficient (Wildman–Crippen LogP) is 0.758. The van der Waals surface area contributed by atoms with E-state index in [1.807, 2.05) is 0 Å². The SMILES string of the molecule is OCCC1CC12CCNCC2. The van der Waals surface area contributed by atoms with Crippen LogP contribution in [0.3, 0.4) is 0 Å². The molecule has 0 aromatic rings. The number of rotatable bonds is 2. The Hall–Kier alpha value is -0.0800. The van der Waals surface area contributed by atoms with Crippen molar-refractivity contribution in [2.45, 2.75) is 25.7 Å². The fourth-order valence-corrected chi connectivity index (χ4v) is 2.53. The number of aliphatic hydroxyl groups excluding tert-OH is 1. The molecule has 1 aliphatic heterocycles. The highest BCUT2D eigenvalue weighted by molar-refractivity contribution is 5.03. The number of aliphatic hydroxyl groups is 1. The number of hydrogen-bond acceptors (Lipinski definition) is 2. The van der Waals surface area contributed by atoms with Crippen molar-refractivity contribution in [2.24, 2.45) is 11.3 Å². The van der Waals surface area contributed by atoms with Crippen LogP contribution >= 0.6 is 0 Å². The third-order valence-electron chi connectivity index (χ3n) is 3.44. The second kappa shape index (κ2) is 2.76. The van der Waals surface area contributed by atoms with Crippen molar-refractivity contribution >= 4 is 0 Å². The van der Waals surface area contributed by atoms with E-state index in [1.165, 1.54) is 32.4 Å². The smallest absolute Gasteiger partial charge is 0.0433 e. The van der Waals surface area contributed by atoms with Gasteiger partial charge in [0.15, 0.2) is 0 Å². The summed E-state index contributed by atoms with van der Waals surface area (Å²) in [5.74, 6) is 0.856. The number of hydrogen-bond donors (Lipinski definition) is 2. The van der Waals surface area contributed by atoms with Crippen molar-refractivity contribution in [3.63, 3.8) is 0 Å². The molecule has 2 aliphatic rings. The molecule has 2 N–H and O–H groups in total. The standard InChI is InChI=1S/C9H17NO/c11-6-1-8-7-9(8)2-4-10-5-3-9/h8,10-11H,1-7H2. The maximum atomic E-state index is 8.78. The van der Waals surface area contributed by atoms with E-state index in [4.69, 9.17) is 5.11 Å². The average Bonchev–Trinajstić information content (AvgIpc) is 2.66. The lowest BCUT2D eigenvalue weighted by Crippen LogP contribution is -2.29. The third-order valence-corrected chi connectivity index (χ3v) is 3.44. The first-order chi connectivity index (χ1) is 5.37. The largest absolute Gasteiger partial charge is 0.396 e. The first-order valence-corrected chi connectivity index (χ1v) is 4.69. The van der Waals surface area contributed by atoms with Crippen LogP contribution in [0.25, 0.3) is 0 Å². The van der Waals surface area contributed by atoms with Gasteiger partial charge in [-0.25, -0.2) is 0 Å². The molecule has 0 aromatic heterocycles. The van der Waals surface area contributed by atoms with Gasteiger partial charge in [0.1, 0.15) is 0 Å². The second-order valence-electron chi connectivity index (χ2n) is 4.03. The van der Waals surface area contributed by atoms with Crippen molar-refractivity contribution in [2.75, 3.05) is 19.7 Å². The molecule has 1 spiro atoms. The van der Waals surface area contributed by atoms with Gasteiger partial charge in [-0.3, -0.25) is 0 Å². The van der Waals surface area contributed by atoms with E-state index in [0.717, 1.165) is 12.3 Å². The lowest BCUT2D eigenvalue weighted by molar-refractivity contribution is 0.251. The summed E-state index contributed by atoms with van der Waals surface area (Å²) in [7, 11) is 0. The molecule has 2 fully saturated rings. The van der Waals surface area contributed by atoms with Gasteiger partial charge in [-0.05, 0) is 50.1 Å². The van der Waals surface area contributed by atoms with E-state index in [-0.39, 0.29) is 0 Å². The summed E-state index contributed by atoms with van der Waals surface area (Å²) in [6.07, 6.45) is 5.12. The Morgan fingerprint density at radius 2 is 2.09 bits per heavy atom. The Morgan fingerprint density at radius 1 is 1.36 bits per heavy atom. The molecule has 1 heterocycles. The number of nitrogens with one attached hydrogen (secondary N) is 1. The zero-order chi connectivity index (χ0) is 7.73. The zero-order valence-corrected chi connectivity index (χ0v) is 6.97. The maximum absolute atomic E-state index is 8.78. The number of piperidine rings is 1. The van der Waals surface area contributed by atoms with Crippen LogP contribution < -0.4 is 5.32 Å². The summed E-state index contributed by atoms with van der Waals surface area (Å²) >= 11 is 0. The molecule has 1 unspecified atom stereocenters. The molecule has 0 amide bonds. The van der Waals surface area contributed by atoms with Gasteiger partial charge in [-0.1, -0.05) is 0 Å². The molecule has 0 aromatic carbocycles. The molecule has 64 valence electrons. The Bertz CT molecular complexity index is 140. The van der Waals surface area contributed by atoms with Crippen LogP contribution in [-0.2, 0) is 0 Å². The lowest BCUT2D eigenvalue weighted by atomic mass is 9.91. The van der Waals surface area contributed by atoms with E-state index >= 15 is 0 Å². The monoisotopic (exact) mass is 155 g/mol. The van der Waals surface area contributed by atoms with E-state index < -0.39 is 0 Å².